The van der Waals surface area contributed by atoms with Crippen molar-refractivity contribution in [3.63, 3.8) is 0 Å². The summed E-state index contributed by atoms with van der Waals surface area (Å²) in [6.07, 6.45) is -8.54. The third-order valence-electron chi connectivity index (χ3n) is 6.40. The summed E-state index contributed by atoms with van der Waals surface area (Å²) in [5.41, 5.74) is -1.24. The molecule has 1 N–H and O–H groups in total. The van der Waals surface area contributed by atoms with Gasteiger partial charge in [-0.05, 0) is 31.4 Å². The number of hydrogen-bond donors (Lipinski definition) is 1. The Hall–Kier alpha value is -3.16. The molecule has 14 heteroatoms. The monoisotopic (exact) mass is 548 g/mol. The Balaban J connectivity index is 1.33. The van der Waals surface area contributed by atoms with Crippen molar-refractivity contribution in [2.75, 3.05) is 26.2 Å². The molecule has 7 nitrogen and oxygen atoms in total. The molecule has 0 spiro atoms. The molecule has 2 saturated heterocycles. The zero-order valence-electron chi connectivity index (χ0n) is 19.2. The van der Waals surface area contributed by atoms with Gasteiger partial charge in [-0.2, -0.15) is 26.3 Å². The van der Waals surface area contributed by atoms with Crippen LogP contribution in [0.2, 0.25) is 0 Å². The molecule has 4 rings (SSSR count). The van der Waals surface area contributed by atoms with Crippen molar-refractivity contribution >= 4 is 29.1 Å². The van der Waals surface area contributed by atoms with E-state index in [2.05, 4.69) is 4.98 Å². The van der Waals surface area contributed by atoms with Crippen molar-refractivity contribution in [1.29, 1.82) is 0 Å². The largest absolute Gasteiger partial charge is 0.471 e. The van der Waals surface area contributed by atoms with E-state index in [1.807, 2.05) is 5.32 Å². The number of halogens is 6. The van der Waals surface area contributed by atoms with Gasteiger partial charge in [0.1, 0.15) is 5.69 Å². The number of alkyl halides is 6. The third-order valence-corrected chi connectivity index (χ3v) is 7.41. The van der Waals surface area contributed by atoms with Gasteiger partial charge in [0.15, 0.2) is 0 Å². The highest BCUT2D eigenvalue weighted by molar-refractivity contribution is 7.09. The van der Waals surface area contributed by atoms with Crippen LogP contribution in [0.1, 0.15) is 56.6 Å². The number of thiazole rings is 1. The fourth-order valence-corrected chi connectivity index (χ4v) is 5.45. The van der Waals surface area contributed by atoms with Gasteiger partial charge >= 0.3 is 18.3 Å². The van der Waals surface area contributed by atoms with Crippen LogP contribution >= 0.6 is 11.3 Å². The minimum atomic E-state index is -5.00. The van der Waals surface area contributed by atoms with Gasteiger partial charge < -0.3 is 15.1 Å². The average Bonchev–Trinajstić information content (AvgIpc) is 3.52. The van der Waals surface area contributed by atoms with Gasteiger partial charge in [-0.25, -0.2) is 4.98 Å². The van der Waals surface area contributed by atoms with Gasteiger partial charge in [-0.1, -0.05) is 12.1 Å². The summed E-state index contributed by atoms with van der Waals surface area (Å²) in [5.74, 6) is -3.29. The van der Waals surface area contributed by atoms with E-state index in [-0.39, 0.29) is 44.2 Å². The van der Waals surface area contributed by atoms with Crippen molar-refractivity contribution in [3.05, 3.63) is 51.5 Å². The molecule has 200 valence electrons. The van der Waals surface area contributed by atoms with Crippen LogP contribution in [0.15, 0.2) is 29.6 Å². The van der Waals surface area contributed by atoms with E-state index in [4.69, 9.17) is 0 Å². The van der Waals surface area contributed by atoms with E-state index >= 15 is 0 Å². The molecule has 1 atom stereocenters. The summed E-state index contributed by atoms with van der Waals surface area (Å²) in [7, 11) is 0. The second-order valence-electron chi connectivity index (χ2n) is 8.89. The van der Waals surface area contributed by atoms with E-state index in [0.717, 1.165) is 12.1 Å². The van der Waals surface area contributed by atoms with Gasteiger partial charge in [0.25, 0.3) is 11.8 Å². The van der Waals surface area contributed by atoms with Crippen molar-refractivity contribution < 1.29 is 40.7 Å². The Morgan fingerprint density at radius 3 is 2.22 bits per heavy atom. The first-order valence-electron chi connectivity index (χ1n) is 11.4. The average molecular weight is 549 g/mol. The number of amides is 3. The van der Waals surface area contributed by atoms with Crippen LogP contribution in [0.4, 0.5) is 26.3 Å². The van der Waals surface area contributed by atoms with Crippen LogP contribution in [0.5, 0.6) is 0 Å². The van der Waals surface area contributed by atoms with Crippen LogP contribution in [0.25, 0.3) is 0 Å². The fourth-order valence-electron chi connectivity index (χ4n) is 4.48. The number of aromatic nitrogens is 1. The van der Waals surface area contributed by atoms with Crippen LogP contribution in [-0.4, -0.2) is 70.9 Å². The lowest BCUT2D eigenvalue weighted by Gasteiger charge is -2.31. The summed E-state index contributed by atoms with van der Waals surface area (Å²) in [6, 6.07) is 3.85. The minimum absolute atomic E-state index is 0.0621. The first-order chi connectivity index (χ1) is 17.3. The highest BCUT2D eigenvalue weighted by atomic mass is 32.1. The zero-order chi connectivity index (χ0) is 27.0. The van der Waals surface area contributed by atoms with Crippen molar-refractivity contribution in [3.8, 4) is 0 Å². The van der Waals surface area contributed by atoms with E-state index in [1.54, 1.807) is 5.38 Å². The topological polar surface area (TPSA) is 82.6 Å². The van der Waals surface area contributed by atoms with Crippen molar-refractivity contribution in [2.24, 2.45) is 0 Å². The van der Waals surface area contributed by atoms with Gasteiger partial charge in [-0.3, -0.25) is 14.4 Å². The number of nitrogens with one attached hydrogen (secondary N) is 1. The molecule has 1 aromatic carbocycles. The maximum atomic E-state index is 13.3. The molecule has 3 amide bonds. The molecule has 0 radical (unpaired) electrons. The van der Waals surface area contributed by atoms with E-state index in [1.165, 1.54) is 33.3 Å². The highest BCUT2D eigenvalue weighted by Crippen LogP contribution is 2.35. The molecule has 37 heavy (non-hydrogen) atoms. The third kappa shape index (κ3) is 6.05. The van der Waals surface area contributed by atoms with Gasteiger partial charge in [0, 0.05) is 43.5 Å². The van der Waals surface area contributed by atoms with E-state index < -0.39 is 47.2 Å². The quantitative estimate of drug-likeness (QED) is 0.584. The first-order valence-corrected chi connectivity index (χ1v) is 12.3. The molecule has 0 aliphatic carbocycles. The second-order valence-corrected chi connectivity index (χ2v) is 9.78. The lowest BCUT2D eigenvalue weighted by atomic mass is 9.96. The second kappa shape index (κ2) is 10.3. The number of benzene rings is 1. The molecule has 2 aliphatic rings. The van der Waals surface area contributed by atoms with E-state index in [9.17, 15) is 40.7 Å². The van der Waals surface area contributed by atoms with Crippen molar-refractivity contribution in [2.45, 2.75) is 43.6 Å². The maximum Gasteiger partial charge on any atom is 0.471 e. The molecule has 0 bridgehead atoms. The number of carbonyl (C=O) groups excluding carboxylic acids is 3. The number of piperidine rings is 1. The van der Waals surface area contributed by atoms with Crippen LogP contribution in [-0.2, 0) is 11.0 Å². The molecule has 3 heterocycles. The lowest BCUT2D eigenvalue weighted by molar-refractivity contribution is -0.174. The maximum absolute atomic E-state index is 13.3. The summed E-state index contributed by atoms with van der Waals surface area (Å²) in [6.45, 7) is 0.568. The van der Waals surface area contributed by atoms with E-state index in [0.29, 0.717) is 17.8 Å². The molecule has 2 aromatic rings. The minimum Gasteiger partial charge on any atom is -0.344 e. The molecular weight excluding hydrogens is 526 g/mol. The van der Waals surface area contributed by atoms with Gasteiger partial charge in [0.2, 0.25) is 0 Å². The predicted molar refractivity (Wildman–Crippen MR) is 120 cm³/mol. The normalized spacial score (nSPS) is 19.2. The Bertz CT molecular complexity index is 1170. The van der Waals surface area contributed by atoms with Gasteiger partial charge in [0.05, 0.1) is 16.1 Å². The Kier molecular flexibility index (Phi) is 7.49. The van der Waals surface area contributed by atoms with Crippen LogP contribution in [0, 0.1) is 0 Å². The number of likely N-dealkylation sites (tertiary alicyclic amines) is 2. The summed E-state index contributed by atoms with van der Waals surface area (Å²) >= 11 is 1.24. The Labute approximate surface area is 211 Å². The summed E-state index contributed by atoms with van der Waals surface area (Å²) in [5, 5.41) is 4.08. The highest BCUT2D eigenvalue weighted by Gasteiger charge is 2.41. The number of carbonyl (C=O) groups is 3. The Morgan fingerprint density at radius 2 is 1.57 bits per heavy atom. The molecular formula is C23H22F6N4O3S. The molecule has 1 unspecified atom stereocenters. The molecule has 1 aromatic heterocycles. The summed E-state index contributed by atoms with van der Waals surface area (Å²) < 4.78 is 77.2. The SMILES string of the molecule is O=C(c1csc(C2CCN(C(=O)c3ccccc3C(F)(F)F)CC2)n1)N1CCC(NC(=O)C(F)(F)F)C1. The zero-order valence-corrected chi connectivity index (χ0v) is 20.1. The number of rotatable bonds is 4. The molecule has 0 saturated carbocycles. The van der Waals surface area contributed by atoms with Crippen molar-refractivity contribution in [1.82, 2.24) is 20.1 Å². The summed E-state index contributed by atoms with van der Waals surface area (Å²) in [4.78, 5) is 43.8. The first kappa shape index (κ1) is 26.9. The predicted octanol–water partition coefficient (Wildman–Crippen LogP) is 4.07. The smallest absolute Gasteiger partial charge is 0.344 e. The lowest BCUT2D eigenvalue weighted by Crippen LogP contribution is -2.44. The molecule has 2 fully saturated rings. The van der Waals surface area contributed by atoms with Crippen LogP contribution < -0.4 is 5.32 Å². The number of hydrogen-bond acceptors (Lipinski definition) is 5. The van der Waals surface area contributed by atoms with Crippen LogP contribution in [0.3, 0.4) is 0 Å². The standard InChI is InChI=1S/C23H22F6N4O3S/c24-22(25,26)16-4-2-1-3-15(16)19(34)32-8-5-13(6-9-32)18-31-17(12-37-18)20(35)33-10-7-14(11-33)30-21(36)23(27,28)29/h1-4,12-14H,5-11H2,(H,30,36). The number of nitrogens with zero attached hydrogens (tertiary/aromatic N) is 3. The molecule has 2 aliphatic heterocycles. The fraction of sp³-hybridized carbons (Fsp3) is 0.478. The van der Waals surface area contributed by atoms with Gasteiger partial charge in [-0.15, -0.1) is 11.3 Å². The Morgan fingerprint density at radius 1 is 0.919 bits per heavy atom.